The van der Waals surface area contributed by atoms with Crippen LogP contribution in [0.25, 0.3) is 0 Å². The third-order valence-electron chi connectivity index (χ3n) is 0. The van der Waals surface area contributed by atoms with Crippen molar-refractivity contribution in [1.82, 2.24) is 0 Å². The first kappa shape index (κ1) is 34.0. The normalized spacial score (nSPS) is 3.00. The molecular weight excluding hydrogens is 321 g/mol. The van der Waals surface area contributed by atoms with E-state index in [0.29, 0.717) is 0 Å². The molecule has 0 aromatic heterocycles. The second-order valence-electron chi connectivity index (χ2n) is 0.283. The Kier molecular flexibility index (Phi) is 101. The van der Waals surface area contributed by atoms with Crippen molar-refractivity contribution in [3.8, 4) is 0 Å². The molecule has 0 aliphatic carbocycles. The number of hydrogen-bond acceptors (Lipinski definition) is 1. The van der Waals surface area contributed by atoms with Crippen LogP contribution in [0.5, 0.6) is 0 Å². The van der Waals surface area contributed by atoms with E-state index in [1.807, 2.05) is 0 Å². The van der Waals surface area contributed by atoms with Gasteiger partial charge in [0.1, 0.15) is 0 Å². The van der Waals surface area contributed by atoms with Crippen molar-refractivity contribution in [2.45, 2.75) is 0 Å². The summed E-state index contributed by atoms with van der Waals surface area (Å²) in [5.74, 6) is 0. The Morgan fingerprint density at radius 2 is 1.12 bits per heavy atom. The van der Waals surface area contributed by atoms with Gasteiger partial charge < -0.3 is 21.2 Å². The summed E-state index contributed by atoms with van der Waals surface area (Å²) < 4.78 is 0. The van der Waals surface area contributed by atoms with Crippen LogP contribution in [0, 0.1) is 0 Å². The maximum absolute atomic E-state index is 8.56. The Labute approximate surface area is 102 Å². The molecular formula is CH7KO5Os. The van der Waals surface area contributed by atoms with Gasteiger partial charge in [-0.15, -0.1) is 0 Å². The third-order valence-corrected chi connectivity index (χ3v) is 0. The summed E-state index contributed by atoms with van der Waals surface area (Å²) in [4.78, 5) is 8.56. The molecule has 0 rings (SSSR count). The van der Waals surface area contributed by atoms with Crippen LogP contribution in [0.3, 0.4) is 0 Å². The first-order chi connectivity index (χ1) is 1.73. The van der Waals surface area contributed by atoms with E-state index in [1.54, 1.807) is 0 Å². The standard InChI is InChI=1S/CH2O3.K.2H2O.Os.H/c2-1(3)4;;;;;/h(H2,2,3,4);;2*1H2;;. The molecule has 0 unspecified atom stereocenters. The van der Waals surface area contributed by atoms with Crippen molar-refractivity contribution in [1.29, 1.82) is 0 Å². The topological polar surface area (TPSA) is 121 Å². The quantitative estimate of drug-likeness (QED) is 0.497. The monoisotopic (exact) mass is 330 g/mol. The van der Waals surface area contributed by atoms with Crippen molar-refractivity contribution in [2.24, 2.45) is 0 Å². The molecule has 0 atom stereocenters. The molecule has 8 heavy (non-hydrogen) atoms. The second-order valence-corrected chi connectivity index (χ2v) is 0.283. The van der Waals surface area contributed by atoms with Crippen LogP contribution in [0.4, 0.5) is 4.79 Å². The molecule has 6 N–H and O–H groups in total. The van der Waals surface area contributed by atoms with Crippen molar-refractivity contribution < 1.29 is 45.8 Å². The summed E-state index contributed by atoms with van der Waals surface area (Å²) >= 11 is 0. The van der Waals surface area contributed by atoms with Gasteiger partial charge in [0.05, 0.1) is 0 Å². The average Bonchev–Trinajstić information content (AvgIpc) is 0.811. The van der Waals surface area contributed by atoms with Crippen LogP contribution in [-0.4, -0.2) is 78.7 Å². The van der Waals surface area contributed by atoms with Crippen LogP contribution in [-0.2, 0) is 19.8 Å². The van der Waals surface area contributed by atoms with E-state index in [9.17, 15) is 0 Å². The smallest absolute Gasteiger partial charge is 0 e. The maximum atomic E-state index is 8.56. The van der Waals surface area contributed by atoms with E-state index in [0.717, 1.165) is 0 Å². The summed E-state index contributed by atoms with van der Waals surface area (Å²) in [5, 5.41) is 13.9. The van der Waals surface area contributed by atoms with Gasteiger partial charge in [0.25, 0.3) is 0 Å². The van der Waals surface area contributed by atoms with Crippen molar-refractivity contribution in [2.75, 3.05) is 0 Å². The molecule has 0 heterocycles. The van der Waals surface area contributed by atoms with Gasteiger partial charge in [0, 0.05) is 19.8 Å². The molecule has 5 nitrogen and oxygen atoms in total. The van der Waals surface area contributed by atoms with Gasteiger partial charge in [-0.1, -0.05) is 0 Å². The second kappa shape index (κ2) is 23.7. The zero-order chi connectivity index (χ0) is 3.58. The van der Waals surface area contributed by atoms with Crippen LogP contribution in [0.15, 0.2) is 0 Å². The van der Waals surface area contributed by atoms with E-state index in [2.05, 4.69) is 0 Å². The van der Waals surface area contributed by atoms with Crippen molar-refractivity contribution in [3.63, 3.8) is 0 Å². The Balaban J connectivity index is -0.00000000750. The fourth-order valence-electron chi connectivity index (χ4n) is 0. The number of rotatable bonds is 0. The molecule has 0 bridgehead atoms. The minimum absolute atomic E-state index is 0. The molecule has 50 valence electrons. The summed E-state index contributed by atoms with van der Waals surface area (Å²) in [6, 6.07) is 0. The van der Waals surface area contributed by atoms with Crippen molar-refractivity contribution >= 4 is 57.5 Å². The van der Waals surface area contributed by atoms with E-state index in [-0.39, 0.29) is 82.1 Å². The predicted molar refractivity (Wildman–Crippen MR) is 25.0 cm³/mol. The molecule has 0 fully saturated rings. The van der Waals surface area contributed by atoms with Crippen LogP contribution in [0.2, 0.25) is 0 Å². The average molecular weight is 328 g/mol. The Morgan fingerprint density at radius 3 is 1.12 bits per heavy atom. The molecule has 0 radical (unpaired) electrons. The molecule has 0 aromatic rings. The zero-order valence-corrected chi connectivity index (χ0v) is 5.70. The third kappa shape index (κ3) is 146. The fourth-order valence-corrected chi connectivity index (χ4v) is 0. The molecule has 0 spiro atoms. The molecule has 0 aliphatic rings. The Bertz CT molecular complexity index is 35.4. The van der Waals surface area contributed by atoms with Crippen LogP contribution >= 0.6 is 0 Å². The van der Waals surface area contributed by atoms with E-state index < -0.39 is 6.16 Å². The number of carbonyl (C=O) groups is 1. The minimum Gasteiger partial charge on any atom is 0 e. The minimum atomic E-state index is -1.83. The van der Waals surface area contributed by atoms with E-state index in [4.69, 9.17) is 15.0 Å². The first-order valence-electron chi connectivity index (χ1n) is 0.651. The zero-order valence-electron chi connectivity index (χ0n) is 3.16. The van der Waals surface area contributed by atoms with Gasteiger partial charge in [-0.3, -0.25) is 0 Å². The summed E-state index contributed by atoms with van der Waals surface area (Å²) in [6.45, 7) is 0. The van der Waals surface area contributed by atoms with Gasteiger partial charge in [0.15, 0.2) is 0 Å². The largest absolute Gasteiger partial charge is 0 e. The number of hydrogen-bond donors (Lipinski definition) is 2. The fraction of sp³-hybridized carbons (Fsp3) is 0. The van der Waals surface area contributed by atoms with E-state index in [1.165, 1.54) is 0 Å². The van der Waals surface area contributed by atoms with E-state index >= 15 is 0 Å². The van der Waals surface area contributed by atoms with Gasteiger partial charge in [-0.2, -0.15) is 0 Å². The van der Waals surface area contributed by atoms with Gasteiger partial charge in [-0.05, 0) is 0 Å². The number of carboxylic acid groups (broad SMARTS) is 2. The molecule has 0 saturated carbocycles. The Hall–Kier alpha value is 1.46. The Morgan fingerprint density at radius 1 is 1.12 bits per heavy atom. The summed E-state index contributed by atoms with van der Waals surface area (Å²) in [6.07, 6.45) is -1.83. The molecule has 0 amide bonds. The first-order valence-corrected chi connectivity index (χ1v) is 0.651. The molecule has 0 aromatic carbocycles. The molecule has 7 heteroatoms. The maximum Gasteiger partial charge on any atom is 0 e. The molecule has 0 aliphatic heterocycles. The molecule has 0 saturated heterocycles. The van der Waals surface area contributed by atoms with Crippen LogP contribution < -0.4 is 0 Å². The SMILES string of the molecule is O.O.O=C(O)O.[KH].[Os]. The van der Waals surface area contributed by atoms with Gasteiger partial charge >= 0.3 is 57.5 Å². The van der Waals surface area contributed by atoms with Gasteiger partial charge in [-0.25, -0.2) is 4.79 Å². The van der Waals surface area contributed by atoms with Crippen LogP contribution in [0.1, 0.15) is 0 Å². The predicted octanol–water partition coefficient (Wildman–Crippen LogP) is -2.08. The van der Waals surface area contributed by atoms with Gasteiger partial charge in [0.2, 0.25) is 0 Å². The van der Waals surface area contributed by atoms with Crippen molar-refractivity contribution in [3.05, 3.63) is 0 Å². The summed E-state index contributed by atoms with van der Waals surface area (Å²) in [5.41, 5.74) is 0. The summed E-state index contributed by atoms with van der Waals surface area (Å²) in [7, 11) is 0.